The summed E-state index contributed by atoms with van der Waals surface area (Å²) in [4.78, 5) is 14.5. The Labute approximate surface area is 200 Å². The van der Waals surface area contributed by atoms with Crippen molar-refractivity contribution in [2.45, 2.75) is 18.1 Å². The lowest BCUT2D eigenvalue weighted by Gasteiger charge is -2.38. The highest BCUT2D eigenvalue weighted by molar-refractivity contribution is 6.30. The van der Waals surface area contributed by atoms with Crippen molar-refractivity contribution in [3.63, 3.8) is 0 Å². The number of urea groups is 1. The zero-order chi connectivity index (χ0) is 24.3. The fourth-order valence-electron chi connectivity index (χ4n) is 4.13. The maximum absolute atomic E-state index is 13.4. The Morgan fingerprint density at radius 1 is 1.06 bits per heavy atom. The second-order valence-electron chi connectivity index (χ2n) is 8.01. The smallest absolute Gasteiger partial charge is 0.416 e. The Morgan fingerprint density at radius 2 is 1.71 bits per heavy atom. The van der Waals surface area contributed by atoms with Gasteiger partial charge < -0.3 is 15.4 Å². The minimum absolute atomic E-state index is 0.178. The average molecular weight is 490 g/mol. The molecule has 178 valence electrons. The van der Waals surface area contributed by atoms with Gasteiger partial charge in [0.1, 0.15) is 11.5 Å². The second kappa shape index (κ2) is 9.56. The molecular formula is C25H23ClF3N3O2. The Hall–Kier alpha value is -3.23. The summed E-state index contributed by atoms with van der Waals surface area (Å²) in [5, 5.41) is 6.46. The monoisotopic (exact) mass is 489 g/mol. The van der Waals surface area contributed by atoms with Crippen LogP contribution in [0, 0.1) is 0 Å². The van der Waals surface area contributed by atoms with Gasteiger partial charge in [0.2, 0.25) is 0 Å². The van der Waals surface area contributed by atoms with Gasteiger partial charge in [-0.15, -0.1) is 0 Å². The van der Waals surface area contributed by atoms with Crippen LogP contribution in [0.5, 0.6) is 11.5 Å². The SMILES string of the molecule is CNCCC1(c2cccc(C(F)(F)F)c2)CNC(=O)N1c1ccc(Oc2ccc(Cl)cc2)cc1. The van der Waals surface area contributed by atoms with Crippen molar-refractivity contribution in [1.29, 1.82) is 0 Å². The molecule has 4 rings (SSSR count). The fraction of sp³-hybridized carbons (Fsp3) is 0.240. The summed E-state index contributed by atoms with van der Waals surface area (Å²) in [7, 11) is 1.76. The molecule has 2 amide bonds. The van der Waals surface area contributed by atoms with Crippen molar-refractivity contribution < 1.29 is 22.7 Å². The number of carbonyl (C=O) groups excluding carboxylic acids is 1. The number of hydrogen-bond donors (Lipinski definition) is 2. The van der Waals surface area contributed by atoms with Crippen LogP contribution >= 0.6 is 11.6 Å². The van der Waals surface area contributed by atoms with E-state index < -0.39 is 17.3 Å². The van der Waals surface area contributed by atoms with E-state index in [1.165, 1.54) is 11.0 Å². The maximum Gasteiger partial charge on any atom is 0.416 e. The van der Waals surface area contributed by atoms with Crippen molar-refractivity contribution in [3.8, 4) is 11.5 Å². The molecule has 1 unspecified atom stereocenters. The Balaban J connectivity index is 1.69. The maximum atomic E-state index is 13.4. The third-order valence-electron chi connectivity index (χ3n) is 5.82. The number of anilines is 1. The van der Waals surface area contributed by atoms with Crippen LogP contribution in [0.4, 0.5) is 23.7 Å². The van der Waals surface area contributed by atoms with Gasteiger partial charge in [-0.1, -0.05) is 23.7 Å². The molecule has 1 aliphatic rings. The number of halogens is 4. The molecule has 1 aliphatic heterocycles. The molecule has 0 bridgehead atoms. The van der Waals surface area contributed by atoms with Crippen LogP contribution in [0.15, 0.2) is 72.8 Å². The normalized spacial score (nSPS) is 18.1. The quantitative estimate of drug-likeness (QED) is 0.416. The third-order valence-corrected chi connectivity index (χ3v) is 6.08. The average Bonchev–Trinajstić information content (AvgIpc) is 3.16. The Morgan fingerprint density at radius 3 is 2.32 bits per heavy atom. The molecule has 0 radical (unpaired) electrons. The summed E-state index contributed by atoms with van der Waals surface area (Å²) in [5.41, 5.74) is -0.788. The lowest BCUT2D eigenvalue weighted by Crippen LogP contribution is -2.46. The number of ether oxygens (including phenoxy) is 1. The summed E-state index contributed by atoms with van der Waals surface area (Å²) < 4.78 is 46.2. The summed E-state index contributed by atoms with van der Waals surface area (Å²) in [5.74, 6) is 1.15. The molecule has 3 aromatic carbocycles. The van der Waals surface area contributed by atoms with Gasteiger partial charge in [0.25, 0.3) is 0 Å². The first kappa shape index (κ1) is 23.9. The van der Waals surface area contributed by atoms with E-state index in [0.29, 0.717) is 40.7 Å². The highest BCUT2D eigenvalue weighted by atomic mass is 35.5. The second-order valence-corrected chi connectivity index (χ2v) is 8.44. The molecule has 9 heteroatoms. The van der Waals surface area contributed by atoms with E-state index in [-0.39, 0.29) is 12.6 Å². The highest BCUT2D eigenvalue weighted by Gasteiger charge is 2.48. The predicted octanol–water partition coefficient (Wildman–Crippen LogP) is 6.19. The van der Waals surface area contributed by atoms with Crippen LogP contribution in [0.3, 0.4) is 0 Å². The molecule has 0 saturated carbocycles. The molecule has 0 spiro atoms. The van der Waals surface area contributed by atoms with Crippen LogP contribution in [0.1, 0.15) is 17.5 Å². The molecule has 1 saturated heterocycles. The molecule has 5 nitrogen and oxygen atoms in total. The Kier molecular flexibility index (Phi) is 6.72. The van der Waals surface area contributed by atoms with E-state index in [2.05, 4.69) is 10.6 Å². The summed E-state index contributed by atoms with van der Waals surface area (Å²) >= 11 is 5.90. The summed E-state index contributed by atoms with van der Waals surface area (Å²) in [6.07, 6.45) is -4.08. The fourth-order valence-corrected chi connectivity index (χ4v) is 4.26. The van der Waals surface area contributed by atoms with E-state index in [0.717, 1.165) is 12.1 Å². The van der Waals surface area contributed by atoms with E-state index >= 15 is 0 Å². The van der Waals surface area contributed by atoms with Gasteiger partial charge in [-0.2, -0.15) is 13.2 Å². The van der Waals surface area contributed by atoms with Crippen molar-refractivity contribution in [1.82, 2.24) is 10.6 Å². The highest BCUT2D eigenvalue weighted by Crippen LogP contribution is 2.41. The standard InChI is InChI=1S/C25H23ClF3N3O2/c1-30-14-13-24(17-3-2-4-18(15-17)25(27,28)29)16-31-23(33)32(24)20-7-11-22(12-8-20)34-21-9-5-19(26)6-10-21/h2-12,15,30H,13-14,16H2,1H3,(H,31,33). The number of carbonyl (C=O) groups is 1. The number of nitrogens with zero attached hydrogens (tertiary/aromatic N) is 1. The number of nitrogens with one attached hydrogen (secondary N) is 2. The van der Waals surface area contributed by atoms with E-state index in [1.54, 1.807) is 61.6 Å². The number of amides is 2. The minimum atomic E-state index is -4.48. The molecule has 2 N–H and O–H groups in total. The topological polar surface area (TPSA) is 53.6 Å². The lowest BCUT2D eigenvalue weighted by atomic mass is 9.84. The van der Waals surface area contributed by atoms with Gasteiger partial charge in [-0.3, -0.25) is 4.90 Å². The zero-order valence-electron chi connectivity index (χ0n) is 18.3. The van der Waals surface area contributed by atoms with E-state index in [4.69, 9.17) is 16.3 Å². The van der Waals surface area contributed by atoms with Crippen LogP contribution < -0.4 is 20.3 Å². The van der Waals surface area contributed by atoms with E-state index in [9.17, 15) is 18.0 Å². The van der Waals surface area contributed by atoms with E-state index in [1.807, 2.05) is 0 Å². The van der Waals surface area contributed by atoms with Gasteiger partial charge in [-0.25, -0.2) is 4.79 Å². The van der Waals surface area contributed by atoms with Crippen LogP contribution in [0.25, 0.3) is 0 Å². The number of alkyl halides is 3. The first-order valence-corrected chi connectivity index (χ1v) is 11.0. The predicted molar refractivity (Wildman–Crippen MR) is 126 cm³/mol. The van der Waals surface area contributed by atoms with Crippen molar-refractivity contribution in [2.24, 2.45) is 0 Å². The van der Waals surface area contributed by atoms with Crippen LogP contribution in [0.2, 0.25) is 5.02 Å². The number of rotatable bonds is 7. The van der Waals surface area contributed by atoms with Crippen LogP contribution in [-0.2, 0) is 11.7 Å². The molecule has 34 heavy (non-hydrogen) atoms. The van der Waals surface area contributed by atoms with Crippen LogP contribution in [-0.4, -0.2) is 26.2 Å². The van der Waals surface area contributed by atoms with Gasteiger partial charge >= 0.3 is 12.2 Å². The molecule has 1 atom stereocenters. The number of hydrogen-bond acceptors (Lipinski definition) is 3. The summed E-state index contributed by atoms with van der Waals surface area (Å²) in [6, 6.07) is 18.6. The van der Waals surface area contributed by atoms with Gasteiger partial charge in [-0.05, 0) is 86.2 Å². The zero-order valence-corrected chi connectivity index (χ0v) is 19.1. The minimum Gasteiger partial charge on any atom is -0.457 e. The van der Waals surface area contributed by atoms with Gasteiger partial charge in [0.05, 0.1) is 11.1 Å². The third kappa shape index (κ3) is 4.83. The Bertz CT molecular complexity index is 1150. The van der Waals surface area contributed by atoms with Crippen molar-refractivity contribution >= 4 is 23.3 Å². The summed E-state index contributed by atoms with van der Waals surface area (Å²) in [6.45, 7) is 0.678. The molecule has 3 aromatic rings. The van der Waals surface area contributed by atoms with Crippen molar-refractivity contribution in [3.05, 3.63) is 88.9 Å². The molecule has 1 heterocycles. The van der Waals surface area contributed by atoms with Gasteiger partial charge in [0, 0.05) is 17.3 Å². The molecule has 0 aliphatic carbocycles. The van der Waals surface area contributed by atoms with Gasteiger partial charge in [0.15, 0.2) is 0 Å². The molecule has 1 fully saturated rings. The number of benzene rings is 3. The van der Waals surface area contributed by atoms with Crippen molar-refractivity contribution in [2.75, 3.05) is 25.0 Å². The largest absolute Gasteiger partial charge is 0.457 e. The first-order chi connectivity index (χ1) is 16.2. The first-order valence-electron chi connectivity index (χ1n) is 10.7. The molecular weight excluding hydrogens is 467 g/mol. The molecule has 0 aromatic heterocycles. The lowest BCUT2D eigenvalue weighted by molar-refractivity contribution is -0.137.